The number of methoxy groups -OCH3 is 1. The highest BCUT2D eigenvalue weighted by molar-refractivity contribution is 5.85. The Morgan fingerprint density at radius 3 is 2.69 bits per heavy atom. The number of halogens is 1. The summed E-state index contributed by atoms with van der Waals surface area (Å²) in [7, 11) is 1.42. The average molecular weight is 206 g/mol. The zero-order chi connectivity index (χ0) is 8.97. The Morgan fingerprint density at radius 2 is 2.15 bits per heavy atom. The highest BCUT2D eigenvalue weighted by Crippen LogP contribution is 2.25. The number of esters is 1. The van der Waals surface area contributed by atoms with E-state index in [4.69, 9.17) is 10.5 Å². The van der Waals surface area contributed by atoms with Crippen molar-refractivity contribution in [3.8, 4) is 0 Å². The summed E-state index contributed by atoms with van der Waals surface area (Å²) in [6.07, 6.45) is 5.77. The van der Waals surface area contributed by atoms with Crippen LogP contribution in [0.1, 0.15) is 12.8 Å². The fourth-order valence-electron chi connectivity index (χ4n) is 1.57. The zero-order valence-electron chi connectivity index (χ0n) is 7.73. The minimum atomic E-state index is -0.130. The Kier molecular flexibility index (Phi) is 5.75. The van der Waals surface area contributed by atoms with Gasteiger partial charge < -0.3 is 10.5 Å². The van der Waals surface area contributed by atoms with Gasteiger partial charge in [0.15, 0.2) is 0 Å². The van der Waals surface area contributed by atoms with Crippen molar-refractivity contribution in [2.75, 3.05) is 13.7 Å². The molecule has 0 aliphatic heterocycles. The van der Waals surface area contributed by atoms with Gasteiger partial charge >= 0.3 is 5.97 Å². The highest BCUT2D eigenvalue weighted by atomic mass is 35.5. The molecular formula is C9H16ClNO2. The Bertz CT molecular complexity index is 194. The van der Waals surface area contributed by atoms with Gasteiger partial charge in [-0.2, -0.15) is 0 Å². The first-order chi connectivity index (χ1) is 5.79. The second-order valence-electron chi connectivity index (χ2n) is 3.07. The second-order valence-corrected chi connectivity index (χ2v) is 3.07. The van der Waals surface area contributed by atoms with Crippen molar-refractivity contribution in [3.63, 3.8) is 0 Å². The molecule has 1 rings (SSSR count). The molecule has 13 heavy (non-hydrogen) atoms. The SMILES string of the molecule is COC(=O)[C@H]1CC=CC[C@H]1CN.Cl. The minimum Gasteiger partial charge on any atom is -0.469 e. The van der Waals surface area contributed by atoms with Gasteiger partial charge in [0.05, 0.1) is 13.0 Å². The summed E-state index contributed by atoms with van der Waals surface area (Å²) < 4.78 is 4.69. The molecule has 4 heteroatoms. The monoisotopic (exact) mass is 205 g/mol. The molecule has 3 nitrogen and oxygen atoms in total. The summed E-state index contributed by atoms with van der Waals surface area (Å²) >= 11 is 0. The standard InChI is InChI=1S/C9H15NO2.ClH/c1-12-9(11)8-5-3-2-4-7(8)6-10;/h2-3,7-8H,4-6,10H2,1H3;1H/t7-,8-;/m0./s1. The summed E-state index contributed by atoms with van der Waals surface area (Å²) in [5, 5.41) is 0. The van der Waals surface area contributed by atoms with Crippen LogP contribution >= 0.6 is 12.4 Å². The summed E-state index contributed by atoms with van der Waals surface area (Å²) in [5.74, 6) is 0.113. The molecule has 0 unspecified atom stereocenters. The van der Waals surface area contributed by atoms with Crippen molar-refractivity contribution in [3.05, 3.63) is 12.2 Å². The van der Waals surface area contributed by atoms with Crippen LogP contribution in [0.25, 0.3) is 0 Å². The molecular weight excluding hydrogens is 190 g/mol. The van der Waals surface area contributed by atoms with Crippen molar-refractivity contribution >= 4 is 18.4 Å². The summed E-state index contributed by atoms with van der Waals surface area (Å²) in [6.45, 7) is 0.560. The van der Waals surface area contributed by atoms with Gasteiger partial charge in [0.25, 0.3) is 0 Å². The van der Waals surface area contributed by atoms with Gasteiger partial charge in [-0.15, -0.1) is 12.4 Å². The lowest BCUT2D eigenvalue weighted by molar-refractivity contribution is -0.147. The van der Waals surface area contributed by atoms with Crippen LogP contribution in [0.15, 0.2) is 12.2 Å². The van der Waals surface area contributed by atoms with E-state index in [2.05, 4.69) is 6.08 Å². The van der Waals surface area contributed by atoms with Gasteiger partial charge in [0.2, 0.25) is 0 Å². The second kappa shape index (κ2) is 6.00. The van der Waals surface area contributed by atoms with Gasteiger partial charge in [0.1, 0.15) is 0 Å². The van der Waals surface area contributed by atoms with Gasteiger partial charge in [-0.3, -0.25) is 4.79 Å². The van der Waals surface area contributed by atoms with Crippen molar-refractivity contribution < 1.29 is 9.53 Å². The third-order valence-electron chi connectivity index (χ3n) is 2.37. The number of nitrogens with two attached hydrogens (primary N) is 1. The van der Waals surface area contributed by atoms with E-state index in [0.717, 1.165) is 12.8 Å². The molecule has 1 aliphatic carbocycles. The molecule has 0 aromatic carbocycles. The maximum Gasteiger partial charge on any atom is 0.309 e. The van der Waals surface area contributed by atoms with Crippen molar-refractivity contribution in [2.45, 2.75) is 12.8 Å². The smallest absolute Gasteiger partial charge is 0.309 e. The molecule has 76 valence electrons. The van der Waals surface area contributed by atoms with Crippen LogP contribution in [0.3, 0.4) is 0 Å². The molecule has 0 amide bonds. The lowest BCUT2D eigenvalue weighted by Crippen LogP contribution is -2.31. The lowest BCUT2D eigenvalue weighted by atomic mass is 9.83. The number of ether oxygens (including phenoxy) is 1. The number of carbonyl (C=O) groups excluding carboxylic acids is 1. The Balaban J connectivity index is 0.00000144. The third-order valence-corrected chi connectivity index (χ3v) is 2.37. The van der Waals surface area contributed by atoms with Crippen LogP contribution in [-0.2, 0) is 9.53 Å². The van der Waals surface area contributed by atoms with E-state index < -0.39 is 0 Å². The summed E-state index contributed by atoms with van der Waals surface area (Å²) in [6, 6.07) is 0. The molecule has 1 aliphatic rings. The van der Waals surface area contributed by atoms with Crippen LogP contribution in [0.4, 0.5) is 0 Å². The topological polar surface area (TPSA) is 52.3 Å². The van der Waals surface area contributed by atoms with Crippen molar-refractivity contribution in [1.82, 2.24) is 0 Å². The lowest BCUT2D eigenvalue weighted by Gasteiger charge is -2.24. The molecule has 0 aromatic heterocycles. The predicted octanol–water partition coefficient (Wildman–Crippen LogP) is 1.12. The van der Waals surface area contributed by atoms with E-state index in [1.54, 1.807) is 0 Å². The van der Waals surface area contributed by atoms with Crippen LogP contribution in [0.5, 0.6) is 0 Å². The van der Waals surface area contributed by atoms with E-state index in [9.17, 15) is 4.79 Å². The molecule has 0 saturated carbocycles. The van der Waals surface area contributed by atoms with Gasteiger partial charge in [-0.05, 0) is 25.3 Å². The Hall–Kier alpha value is -0.540. The number of allylic oxidation sites excluding steroid dienone is 2. The summed E-state index contributed by atoms with van der Waals surface area (Å²) in [5.41, 5.74) is 5.54. The van der Waals surface area contributed by atoms with E-state index in [0.29, 0.717) is 6.54 Å². The molecule has 0 fully saturated rings. The Morgan fingerprint density at radius 1 is 1.54 bits per heavy atom. The molecule has 0 saturated heterocycles. The first-order valence-corrected chi connectivity index (χ1v) is 4.22. The first-order valence-electron chi connectivity index (χ1n) is 4.22. The molecule has 2 atom stereocenters. The van der Waals surface area contributed by atoms with E-state index in [-0.39, 0.29) is 30.2 Å². The van der Waals surface area contributed by atoms with Crippen LogP contribution in [0, 0.1) is 11.8 Å². The van der Waals surface area contributed by atoms with Crippen molar-refractivity contribution in [2.24, 2.45) is 17.6 Å². The van der Waals surface area contributed by atoms with Crippen LogP contribution in [-0.4, -0.2) is 19.6 Å². The maximum atomic E-state index is 11.2. The average Bonchev–Trinajstić information content (AvgIpc) is 2.16. The van der Waals surface area contributed by atoms with Crippen molar-refractivity contribution in [1.29, 1.82) is 0 Å². The molecule has 0 radical (unpaired) electrons. The van der Waals surface area contributed by atoms with Crippen LogP contribution < -0.4 is 5.73 Å². The van der Waals surface area contributed by atoms with E-state index in [1.165, 1.54) is 7.11 Å². The quantitative estimate of drug-likeness (QED) is 0.543. The maximum absolute atomic E-state index is 11.2. The normalized spacial score (nSPS) is 26.3. The van der Waals surface area contributed by atoms with Crippen LogP contribution in [0.2, 0.25) is 0 Å². The van der Waals surface area contributed by atoms with E-state index in [1.807, 2.05) is 6.08 Å². The molecule has 0 heterocycles. The molecule has 0 spiro atoms. The first kappa shape index (κ1) is 12.5. The fourth-order valence-corrected chi connectivity index (χ4v) is 1.57. The Labute approximate surface area is 84.7 Å². The molecule has 0 aromatic rings. The summed E-state index contributed by atoms with van der Waals surface area (Å²) in [4.78, 5) is 11.2. The largest absolute Gasteiger partial charge is 0.469 e. The number of carbonyl (C=O) groups is 1. The van der Waals surface area contributed by atoms with E-state index >= 15 is 0 Å². The fraction of sp³-hybridized carbons (Fsp3) is 0.667. The molecule has 2 N–H and O–H groups in total. The van der Waals surface area contributed by atoms with Gasteiger partial charge in [0, 0.05) is 0 Å². The zero-order valence-corrected chi connectivity index (χ0v) is 8.55. The van der Waals surface area contributed by atoms with Gasteiger partial charge in [-0.25, -0.2) is 0 Å². The number of hydrogen-bond acceptors (Lipinski definition) is 3. The predicted molar refractivity (Wildman–Crippen MR) is 53.7 cm³/mol. The molecule has 0 bridgehead atoms. The highest BCUT2D eigenvalue weighted by Gasteiger charge is 2.28. The third kappa shape index (κ3) is 3.01. The number of rotatable bonds is 2. The van der Waals surface area contributed by atoms with Gasteiger partial charge in [-0.1, -0.05) is 12.2 Å². The number of hydrogen-bond donors (Lipinski definition) is 1. The minimum absolute atomic E-state index is 0.